The van der Waals surface area contributed by atoms with Crippen LogP contribution in [0.3, 0.4) is 0 Å². The zero-order valence-electron chi connectivity index (χ0n) is 8.38. The normalized spacial score (nSPS) is 35.5. The van der Waals surface area contributed by atoms with Gasteiger partial charge < -0.3 is 0 Å². The van der Waals surface area contributed by atoms with Crippen LogP contribution in [0.4, 0.5) is 0 Å². The Hall–Kier alpha value is -0.563. The molecule has 0 N–H and O–H groups in total. The number of hydrogen-bond acceptors (Lipinski definition) is 0. The molecule has 1 aliphatic heterocycles. The summed E-state index contributed by atoms with van der Waals surface area (Å²) in [5.74, 6) is 0. The average Bonchev–Trinajstić information content (AvgIpc) is 2.73. The molecule has 0 amide bonds. The molecule has 68 valence electrons. The van der Waals surface area contributed by atoms with Gasteiger partial charge in [0.1, 0.15) is 0 Å². The summed E-state index contributed by atoms with van der Waals surface area (Å²) in [7, 11) is -1.31. The molecule has 2 rings (SSSR count). The first-order valence-corrected chi connectivity index (χ1v) is 8.03. The van der Waals surface area contributed by atoms with Crippen molar-refractivity contribution in [1.82, 2.24) is 0 Å². The van der Waals surface area contributed by atoms with Crippen LogP contribution in [0.2, 0.25) is 13.1 Å². The molecular formula is C12H16Si. The highest BCUT2D eigenvalue weighted by atomic mass is 28.3. The average molecular weight is 188 g/mol. The number of hydrogen-bond donors (Lipinski definition) is 0. The Kier molecular flexibility index (Phi) is 2.07. The van der Waals surface area contributed by atoms with Crippen molar-refractivity contribution in [2.45, 2.75) is 25.9 Å². The van der Waals surface area contributed by atoms with E-state index in [1.165, 1.54) is 12.8 Å². The second kappa shape index (κ2) is 2.98. The quantitative estimate of drug-likeness (QED) is 0.512. The largest absolute Gasteiger partial charge is 0.0942 e. The Balaban J connectivity index is 2.24. The fourth-order valence-electron chi connectivity index (χ4n) is 1.82. The van der Waals surface area contributed by atoms with Crippen molar-refractivity contribution >= 4 is 8.07 Å². The first-order chi connectivity index (χ1) is 6.12. The summed E-state index contributed by atoms with van der Waals surface area (Å²) < 4.78 is 0. The molecule has 0 aromatic heterocycles. The topological polar surface area (TPSA) is 0 Å². The van der Waals surface area contributed by atoms with E-state index in [2.05, 4.69) is 55.2 Å². The van der Waals surface area contributed by atoms with Crippen molar-refractivity contribution in [2.75, 3.05) is 0 Å². The van der Waals surface area contributed by atoms with Crippen LogP contribution in [0.1, 0.15) is 12.8 Å². The van der Waals surface area contributed by atoms with Crippen LogP contribution in [0.15, 0.2) is 36.1 Å². The van der Waals surface area contributed by atoms with Crippen LogP contribution in [0, 0.1) is 11.5 Å². The minimum Gasteiger partial charge on any atom is -0.0942 e. The smallest absolute Gasteiger partial charge is 0.0793 e. The molecule has 1 heteroatoms. The molecule has 0 atom stereocenters. The highest BCUT2D eigenvalue weighted by Gasteiger charge is 2.44. The first kappa shape index (κ1) is 9.01. The van der Waals surface area contributed by atoms with Gasteiger partial charge in [-0.3, -0.25) is 0 Å². The summed E-state index contributed by atoms with van der Waals surface area (Å²) in [5.41, 5.74) is 2.71. The number of allylic oxidation sites excluding steroid dienone is 5. The van der Waals surface area contributed by atoms with E-state index < -0.39 is 8.07 Å². The Morgan fingerprint density at radius 1 is 1.08 bits per heavy atom. The molecule has 1 heterocycles. The van der Waals surface area contributed by atoms with Crippen LogP contribution in [0.25, 0.3) is 0 Å². The third kappa shape index (κ3) is 2.22. The molecule has 0 nitrogen and oxygen atoms in total. The third-order valence-corrected chi connectivity index (χ3v) is 4.79. The molecule has 0 aromatic carbocycles. The standard InChI is InChI=1S/C12H16Si/c1-13(2)10-6-4-3-5-7-12(11-13)8-9-12/h3-7,10H,8-9H2,1-2H3/b4-3-,7-5-,10-6-. The Morgan fingerprint density at radius 3 is 2.46 bits per heavy atom. The van der Waals surface area contributed by atoms with Crippen molar-refractivity contribution in [1.29, 1.82) is 0 Å². The van der Waals surface area contributed by atoms with Crippen LogP contribution >= 0.6 is 0 Å². The zero-order chi connectivity index (χ0) is 9.36. The van der Waals surface area contributed by atoms with Crippen molar-refractivity contribution in [3.63, 3.8) is 0 Å². The van der Waals surface area contributed by atoms with Crippen molar-refractivity contribution in [2.24, 2.45) is 5.41 Å². The maximum absolute atomic E-state index is 3.81. The first-order valence-electron chi connectivity index (χ1n) is 4.95. The SMILES string of the molecule is C[Si]1(C)[C]C2(\C=C/C=C\C=C/1)CC2. The lowest BCUT2D eigenvalue weighted by atomic mass is 10.1. The molecule has 2 aliphatic rings. The summed E-state index contributed by atoms with van der Waals surface area (Å²) in [5, 5.41) is 0. The lowest BCUT2D eigenvalue weighted by molar-refractivity contribution is 0.818. The Bertz CT molecular complexity index is 261. The van der Waals surface area contributed by atoms with Crippen molar-refractivity contribution < 1.29 is 0 Å². The summed E-state index contributed by atoms with van der Waals surface area (Å²) in [4.78, 5) is 0. The minimum atomic E-state index is -1.31. The maximum Gasteiger partial charge on any atom is 0.0793 e. The molecule has 1 fully saturated rings. The molecular weight excluding hydrogens is 172 g/mol. The second-order valence-corrected chi connectivity index (χ2v) is 8.63. The maximum atomic E-state index is 3.81. The molecule has 0 bridgehead atoms. The molecule has 0 aromatic rings. The van der Waals surface area contributed by atoms with Gasteiger partial charge in [0, 0.05) is 0 Å². The summed E-state index contributed by atoms with van der Waals surface area (Å²) in [6, 6.07) is 3.81. The van der Waals surface area contributed by atoms with E-state index in [1.807, 2.05) is 0 Å². The van der Waals surface area contributed by atoms with Gasteiger partial charge in [-0.05, 0) is 24.3 Å². The predicted octanol–water partition coefficient (Wildman–Crippen LogP) is 3.32. The molecule has 1 saturated carbocycles. The Morgan fingerprint density at radius 2 is 1.77 bits per heavy atom. The minimum absolute atomic E-state index is 0.356. The van der Waals surface area contributed by atoms with Crippen molar-refractivity contribution in [3.05, 3.63) is 42.1 Å². The Labute approximate surface area is 82.1 Å². The van der Waals surface area contributed by atoms with Gasteiger partial charge in [0.25, 0.3) is 0 Å². The van der Waals surface area contributed by atoms with E-state index in [1.54, 1.807) is 0 Å². The van der Waals surface area contributed by atoms with Crippen LogP contribution in [0.5, 0.6) is 0 Å². The van der Waals surface area contributed by atoms with E-state index in [0.717, 1.165) is 0 Å². The monoisotopic (exact) mass is 188 g/mol. The highest BCUT2D eigenvalue weighted by molar-refractivity contribution is 6.85. The van der Waals surface area contributed by atoms with E-state index in [-0.39, 0.29) is 0 Å². The van der Waals surface area contributed by atoms with Gasteiger partial charge in [0.15, 0.2) is 0 Å². The fraction of sp³-hybridized carbons (Fsp3) is 0.417. The van der Waals surface area contributed by atoms with Crippen molar-refractivity contribution in [3.8, 4) is 0 Å². The molecule has 2 radical (unpaired) electrons. The van der Waals surface area contributed by atoms with Gasteiger partial charge in [-0.25, -0.2) is 0 Å². The molecule has 0 unspecified atom stereocenters. The van der Waals surface area contributed by atoms with Gasteiger partial charge in [-0.15, -0.1) is 0 Å². The van der Waals surface area contributed by atoms with Crippen LogP contribution < -0.4 is 0 Å². The van der Waals surface area contributed by atoms with Gasteiger partial charge in [-0.1, -0.05) is 49.2 Å². The van der Waals surface area contributed by atoms with Gasteiger partial charge in [-0.2, -0.15) is 0 Å². The fourth-order valence-corrected chi connectivity index (χ4v) is 4.11. The van der Waals surface area contributed by atoms with Crippen LogP contribution in [-0.2, 0) is 0 Å². The molecule has 1 spiro atoms. The summed E-state index contributed by atoms with van der Waals surface area (Å²) in [6.45, 7) is 4.72. The van der Waals surface area contributed by atoms with Crippen LogP contribution in [-0.4, -0.2) is 8.07 Å². The molecule has 0 saturated heterocycles. The van der Waals surface area contributed by atoms with E-state index in [4.69, 9.17) is 0 Å². The highest BCUT2D eigenvalue weighted by Crippen LogP contribution is 2.51. The number of rotatable bonds is 0. The summed E-state index contributed by atoms with van der Waals surface area (Å²) in [6.07, 6.45) is 13.5. The predicted molar refractivity (Wildman–Crippen MR) is 59.8 cm³/mol. The van der Waals surface area contributed by atoms with E-state index in [9.17, 15) is 0 Å². The third-order valence-electron chi connectivity index (χ3n) is 2.62. The van der Waals surface area contributed by atoms with Gasteiger partial charge in [0.05, 0.1) is 8.07 Å². The summed E-state index contributed by atoms with van der Waals surface area (Å²) >= 11 is 0. The molecule has 13 heavy (non-hydrogen) atoms. The van der Waals surface area contributed by atoms with E-state index >= 15 is 0 Å². The van der Waals surface area contributed by atoms with E-state index in [0.29, 0.717) is 5.41 Å². The molecule has 1 aliphatic carbocycles. The lowest BCUT2D eigenvalue weighted by Gasteiger charge is -2.21. The van der Waals surface area contributed by atoms with Gasteiger partial charge >= 0.3 is 0 Å². The zero-order valence-corrected chi connectivity index (χ0v) is 9.38. The van der Waals surface area contributed by atoms with Gasteiger partial charge in [0.2, 0.25) is 0 Å². The second-order valence-electron chi connectivity index (χ2n) is 4.61. The lowest BCUT2D eigenvalue weighted by Crippen LogP contribution is -2.28.